The second kappa shape index (κ2) is 5.28. The number of carbonyl (C=O) groups excluding carboxylic acids is 1. The molecule has 0 spiro atoms. The van der Waals surface area contributed by atoms with E-state index in [1.165, 1.54) is 0 Å². The molecule has 4 heteroatoms. The number of benzene rings is 1. The highest BCUT2D eigenvalue weighted by Crippen LogP contribution is 2.26. The third kappa shape index (κ3) is 4.21. The number of halogens is 2. The first-order valence-corrected chi connectivity index (χ1v) is 6.24. The van der Waals surface area contributed by atoms with Crippen molar-refractivity contribution in [2.45, 2.75) is 38.6 Å². The average molecular weight is 274 g/mol. The predicted molar refractivity (Wildman–Crippen MR) is 72.7 cm³/mol. The standard InChI is InChI=1S/C13H17Cl2NO/c1-8-7-9(14)5-6-10(8)11(15)12(17)16-13(2,3)4/h5-7,11H,1-4H3,(H,16,17). The van der Waals surface area contributed by atoms with Gasteiger partial charge in [0.25, 0.3) is 0 Å². The summed E-state index contributed by atoms with van der Waals surface area (Å²) in [6.45, 7) is 7.65. The van der Waals surface area contributed by atoms with Crippen LogP contribution in [-0.2, 0) is 4.79 Å². The van der Waals surface area contributed by atoms with Crippen LogP contribution >= 0.6 is 23.2 Å². The number of carbonyl (C=O) groups is 1. The molecule has 1 atom stereocenters. The second-order valence-corrected chi connectivity index (χ2v) is 5.98. The molecule has 1 unspecified atom stereocenters. The van der Waals surface area contributed by atoms with Gasteiger partial charge in [0, 0.05) is 10.6 Å². The molecule has 0 aromatic heterocycles. The molecule has 0 heterocycles. The monoisotopic (exact) mass is 273 g/mol. The van der Waals surface area contributed by atoms with Crippen LogP contribution in [0.5, 0.6) is 0 Å². The van der Waals surface area contributed by atoms with Crippen molar-refractivity contribution in [2.75, 3.05) is 0 Å². The van der Waals surface area contributed by atoms with Gasteiger partial charge in [-0.1, -0.05) is 17.7 Å². The molecule has 1 amide bonds. The summed E-state index contributed by atoms with van der Waals surface area (Å²) in [6.07, 6.45) is 0. The van der Waals surface area contributed by atoms with Gasteiger partial charge in [-0.3, -0.25) is 4.79 Å². The van der Waals surface area contributed by atoms with Gasteiger partial charge in [-0.15, -0.1) is 11.6 Å². The fourth-order valence-corrected chi connectivity index (χ4v) is 2.02. The molecule has 1 N–H and O–H groups in total. The zero-order valence-electron chi connectivity index (χ0n) is 10.5. The topological polar surface area (TPSA) is 29.1 Å². The summed E-state index contributed by atoms with van der Waals surface area (Å²) in [7, 11) is 0. The molecule has 0 fully saturated rings. The molecule has 1 rings (SSSR count). The largest absolute Gasteiger partial charge is 0.350 e. The van der Waals surface area contributed by atoms with Crippen molar-refractivity contribution in [1.82, 2.24) is 5.32 Å². The van der Waals surface area contributed by atoms with Crippen molar-refractivity contribution in [3.8, 4) is 0 Å². The summed E-state index contributed by atoms with van der Waals surface area (Å²) < 4.78 is 0. The fourth-order valence-electron chi connectivity index (χ4n) is 1.50. The summed E-state index contributed by atoms with van der Waals surface area (Å²) in [5, 5.41) is 2.81. The number of nitrogens with one attached hydrogen (secondary N) is 1. The number of rotatable bonds is 2. The van der Waals surface area contributed by atoms with Crippen molar-refractivity contribution in [1.29, 1.82) is 0 Å². The predicted octanol–water partition coefficient (Wildman–Crippen LogP) is 3.84. The van der Waals surface area contributed by atoms with Crippen LogP contribution in [0, 0.1) is 6.92 Å². The second-order valence-electron chi connectivity index (χ2n) is 5.10. The van der Waals surface area contributed by atoms with Crippen LogP contribution < -0.4 is 5.32 Å². The van der Waals surface area contributed by atoms with Crippen LogP contribution in [0.2, 0.25) is 5.02 Å². The van der Waals surface area contributed by atoms with Crippen LogP contribution in [0.15, 0.2) is 18.2 Å². The van der Waals surface area contributed by atoms with Gasteiger partial charge < -0.3 is 5.32 Å². The zero-order chi connectivity index (χ0) is 13.2. The summed E-state index contributed by atoms with van der Waals surface area (Å²) in [4.78, 5) is 11.9. The smallest absolute Gasteiger partial charge is 0.243 e. The molecule has 0 saturated heterocycles. The lowest BCUT2D eigenvalue weighted by Gasteiger charge is -2.23. The molecule has 0 saturated carbocycles. The van der Waals surface area contributed by atoms with E-state index in [4.69, 9.17) is 23.2 Å². The Morgan fingerprint density at radius 2 is 1.94 bits per heavy atom. The molecule has 2 nitrogen and oxygen atoms in total. The van der Waals surface area contributed by atoms with Crippen LogP contribution in [0.1, 0.15) is 37.3 Å². The maximum absolute atomic E-state index is 11.9. The van der Waals surface area contributed by atoms with Crippen LogP contribution in [0.25, 0.3) is 0 Å². The molecule has 0 aliphatic carbocycles. The van der Waals surface area contributed by atoms with Crippen molar-refractivity contribution < 1.29 is 4.79 Å². The van der Waals surface area contributed by atoms with E-state index >= 15 is 0 Å². The highest BCUT2D eigenvalue weighted by atomic mass is 35.5. The van der Waals surface area contributed by atoms with Gasteiger partial charge >= 0.3 is 0 Å². The normalized spacial score (nSPS) is 13.3. The van der Waals surface area contributed by atoms with E-state index in [2.05, 4.69) is 5.32 Å². The van der Waals surface area contributed by atoms with Crippen LogP contribution in [-0.4, -0.2) is 11.4 Å². The first-order chi connectivity index (χ1) is 7.70. The van der Waals surface area contributed by atoms with Gasteiger partial charge in [-0.25, -0.2) is 0 Å². The van der Waals surface area contributed by atoms with Gasteiger partial charge in [0.05, 0.1) is 0 Å². The first-order valence-electron chi connectivity index (χ1n) is 5.43. The van der Waals surface area contributed by atoms with E-state index in [0.29, 0.717) is 5.02 Å². The minimum absolute atomic E-state index is 0.190. The minimum atomic E-state index is -0.688. The van der Waals surface area contributed by atoms with E-state index in [0.717, 1.165) is 11.1 Å². The maximum atomic E-state index is 11.9. The number of alkyl halides is 1. The highest BCUT2D eigenvalue weighted by molar-refractivity contribution is 6.32. The molecule has 1 aromatic rings. The van der Waals surface area contributed by atoms with Crippen LogP contribution in [0.4, 0.5) is 0 Å². The van der Waals surface area contributed by atoms with Crippen molar-refractivity contribution in [3.63, 3.8) is 0 Å². The lowest BCUT2D eigenvalue weighted by atomic mass is 10.0. The fraction of sp³-hybridized carbons (Fsp3) is 0.462. The Morgan fingerprint density at radius 3 is 2.41 bits per heavy atom. The summed E-state index contributed by atoms with van der Waals surface area (Å²) in [5.41, 5.74) is 1.42. The van der Waals surface area contributed by atoms with E-state index in [1.54, 1.807) is 18.2 Å². The van der Waals surface area contributed by atoms with E-state index in [1.807, 2.05) is 27.7 Å². The highest BCUT2D eigenvalue weighted by Gasteiger charge is 2.23. The first kappa shape index (κ1) is 14.3. The molecular formula is C13H17Cl2NO. The van der Waals surface area contributed by atoms with Gasteiger partial charge in [-0.2, -0.15) is 0 Å². The van der Waals surface area contributed by atoms with Crippen LogP contribution in [0.3, 0.4) is 0 Å². The zero-order valence-corrected chi connectivity index (χ0v) is 12.0. The number of aryl methyl sites for hydroxylation is 1. The number of hydrogen-bond donors (Lipinski definition) is 1. The molecule has 0 aliphatic heterocycles. The van der Waals surface area contributed by atoms with Crippen molar-refractivity contribution in [3.05, 3.63) is 34.3 Å². The molecular weight excluding hydrogens is 257 g/mol. The molecule has 17 heavy (non-hydrogen) atoms. The summed E-state index contributed by atoms with van der Waals surface area (Å²) in [5.74, 6) is -0.190. The van der Waals surface area contributed by atoms with E-state index < -0.39 is 5.38 Å². The van der Waals surface area contributed by atoms with Crippen molar-refractivity contribution in [2.24, 2.45) is 0 Å². The Balaban J connectivity index is 2.89. The average Bonchev–Trinajstić information content (AvgIpc) is 2.14. The number of amides is 1. The van der Waals surface area contributed by atoms with Gasteiger partial charge in [0.15, 0.2) is 0 Å². The maximum Gasteiger partial charge on any atom is 0.243 e. The Morgan fingerprint density at radius 1 is 1.35 bits per heavy atom. The molecule has 94 valence electrons. The van der Waals surface area contributed by atoms with Crippen molar-refractivity contribution >= 4 is 29.1 Å². The third-order valence-electron chi connectivity index (χ3n) is 2.23. The van der Waals surface area contributed by atoms with E-state index in [9.17, 15) is 4.79 Å². The molecule has 1 aromatic carbocycles. The Kier molecular flexibility index (Phi) is 4.45. The minimum Gasteiger partial charge on any atom is -0.350 e. The van der Waals surface area contributed by atoms with Gasteiger partial charge in [-0.05, 0) is 51.0 Å². The molecule has 0 radical (unpaired) electrons. The van der Waals surface area contributed by atoms with Gasteiger partial charge in [0.2, 0.25) is 5.91 Å². The van der Waals surface area contributed by atoms with Gasteiger partial charge in [0.1, 0.15) is 5.38 Å². The van der Waals surface area contributed by atoms with E-state index in [-0.39, 0.29) is 11.4 Å². The quantitative estimate of drug-likeness (QED) is 0.815. The SMILES string of the molecule is Cc1cc(Cl)ccc1C(Cl)C(=O)NC(C)(C)C. The lowest BCUT2D eigenvalue weighted by Crippen LogP contribution is -2.42. The molecule has 0 bridgehead atoms. The number of hydrogen-bond acceptors (Lipinski definition) is 1. The lowest BCUT2D eigenvalue weighted by molar-refractivity contribution is -0.122. The summed E-state index contributed by atoms with van der Waals surface area (Å²) in [6, 6.07) is 5.33. The molecule has 0 aliphatic rings. The Hall–Kier alpha value is -0.730. The Labute approximate surface area is 112 Å². The third-order valence-corrected chi connectivity index (χ3v) is 2.90. The summed E-state index contributed by atoms with van der Waals surface area (Å²) >= 11 is 12.0. The Bertz CT molecular complexity index is 424.